The van der Waals surface area contributed by atoms with Crippen LogP contribution in [-0.2, 0) is 14.9 Å². The van der Waals surface area contributed by atoms with Gasteiger partial charge in [0.25, 0.3) is 0 Å². The second-order valence-corrected chi connectivity index (χ2v) is 11.4. The summed E-state index contributed by atoms with van der Waals surface area (Å²) in [7, 11) is 1.58. The van der Waals surface area contributed by atoms with Crippen LogP contribution >= 0.6 is 22.9 Å². The van der Waals surface area contributed by atoms with Crippen molar-refractivity contribution in [3.05, 3.63) is 93.8 Å². The highest BCUT2D eigenvalue weighted by molar-refractivity contribution is 7.20. The molecule has 1 fully saturated rings. The van der Waals surface area contributed by atoms with Crippen molar-refractivity contribution in [3.8, 4) is 27.3 Å². The number of rotatable bonds is 8. The first-order valence-corrected chi connectivity index (χ1v) is 13.8. The van der Waals surface area contributed by atoms with Crippen molar-refractivity contribution in [3.63, 3.8) is 0 Å². The molecule has 3 aromatic carbocycles. The number of ether oxygens (including phenoxy) is 2. The summed E-state index contributed by atoms with van der Waals surface area (Å²) < 4.78 is 39.1. The monoisotopic (exact) mass is 581 g/mol. The highest BCUT2D eigenvalue weighted by Gasteiger charge is 2.48. The van der Waals surface area contributed by atoms with Gasteiger partial charge in [-0.3, -0.25) is 10.1 Å². The molecule has 0 bridgehead atoms. The van der Waals surface area contributed by atoms with E-state index in [9.17, 15) is 18.4 Å². The minimum absolute atomic E-state index is 0.0688. The lowest BCUT2D eigenvalue weighted by Crippen LogP contribution is -2.16. The molecule has 1 saturated carbocycles. The maximum absolute atomic E-state index is 14.1. The number of carbonyl (C=O) groups excluding carboxylic acids is 2. The van der Waals surface area contributed by atoms with Crippen LogP contribution in [-0.4, -0.2) is 19.0 Å². The van der Waals surface area contributed by atoms with Crippen molar-refractivity contribution < 1.29 is 27.8 Å². The molecule has 0 spiro atoms. The molecule has 0 unspecified atom stereocenters. The Morgan fingerprint density at radius 2 is 1.70 bits per heavy atom. The number of thiophene rings is 1. The van der Waals surface area contributed by atoms with Gasteiger partial charge in [-0.1, -0.05) is 48.0 Å². The molecule has 1 aromatic heterocycles. The van der Waals surface area contributed by atoms with E-state index in [0.29, 0.717) is 20.7 Å². The molecule has 1 amide bonds. The lowest BCUT2D eigenvalue weighted by Gasteiger charge is -2.16. The summed E-state index contributed by atoms with van der Waals surface area (Å²) in [5, 5.41) is 2.66. The van der Waals surface area contributed by atoms with Gasteiger partial charge < -0.3 is 9.47 Å². The first-order chi connectivity index (χ1) is 19.1. The third-order valence-corrected chi connectivity index (χ3v) is 8.57. The van der Waals surface area contributed by atoms with Crippen LogP contribution < -0.4 is 10.1 Å². The average molecular weight is 582 g/mol. The van der Waals surface area contributed by atoms with E-state index in [-0.39, 0.29) is 16.8 Å². The van der Waals surface area contributed by atoms with Gasteiger partial charge in [-0.25, -0.2) is 13.6 Å². The summed E-state index contributed by atoms with van der Waals surface area (Å²) in [5.74, 6) is -0.490. The summed E-state index contributed by atoms with van der Waals surface area (Å²) in [5.41, 5.74) is 3.60. The standard InChI is InChI=1S/C31H26ClF2NO4S/c1-17(24-15-22(33)9-11-25(24)34)39-30(37)35-26-16-28(32)40-29(26)20-6-10-23(27(14-20)38-3)19-4-7-21(8-5-19)31(12-13-31)18(2)36/h4-11,14-17H,12-13H2,1-3H3,(H,35,37)/t17-/m1/s1. The van der Waals surface area contributed by atoms with Crippen LogP contribution in [0.15, 0.2) is 66.7 Å². The number of ketones is 1. The van der Waals surface area contributed by atoms with Crippen molar-refractivity contribution in [2.45, 2.75) is 38.2 Å². The molecular formula is C31H26ClF2NO4S. The molecule has 4 aromatic rings. The second-order valence-electron chi connectivity index (χ2n) is 9.76. The Labute approximate surface area is 239 Å². The first kappa shape index (κ1) is 27.8. The van der Waals surface area contributed by atoms with E-state index >= 15 is 0 Å². The number of hydrogen-bond donors (Lipinski definition) is 1. The molecule has 0 aliphatic heterocycles. The topological polar surface area (TPSA) is 64.6 Å². The number of methoxy groups -OCH3 is 1. The van der Waals surface area contributed by atoms with Crippen molar-refractivity contribution in [2.24, 2.45) is 0 Å². The fraction of sp³-hybridized carbons (Fsp3) is 0.226. The number of benzene rings is 3. The average Bonchev–Trinajstić information content (AvgIpc) is 3.67. The van der Waals surface area contributed by atoms with Crippen LogP contribution in [0.1, 0.15) is 43.9 Å². The van der Waals surface area contributed by atoms with Crippen molar-refractivity contribution >= 4 is 40.5 Å². The van der Waals surface area contributed by atoms with Gasteiger partial charge in [-0.2, -0.15) is 0 Å². The number of hydrogen-bond acceptors (Lipinski definition) is 5. The lowest BCUT2D eigenvalue weighted by molar-refractivity contribution is -0.119. The third-order valence-electron chi connectivity index (χ3n) is 7.25. The molecule has 9 heteroatoms. The van der Waals surface area contributed by atoms with E-state index in [2.05, 4.69) is 5.32 Å². The Morgan fingerprint density at radius 3 is 2.35 bits per heavy atom. The van der Waals surface area contributed by atoms with E-state index in [1.807, 2.05) is 42.5 Å². The van der Waals surface area contributed by atoms with Gasteiger partial charge in [-0.05, 0) is 73.7 Å². The Bertz CT molecular complexity index is 1600. The second kappa shape index (κ2) is 11.0. The number of Topliss-reactive ketones (excluding diaryl/α,β-unsaturated/α-hetero) is 1. The van der Waals surface area contributed by atoms with Gasteiger partial charge in [0.15, 0.2) is 0 Å². The fourth-order valence-electron chi connectivity index (χ4n) is 4.87. The van der Waals surface area contributed by atoms with Gasteiger partial charge in [0.2, 0.25) is 0 Å². The van der Waals surface area contributed by atoms with Crippen LogP contribution in [0, 0.1) is 11.6 Å². The van der Waals surface area contributed by atoms with Crippen LogP contribution in [0.25, 0.3) is 21.6 Å². The molecule has 0 radical (unpaired) electrons. The molecule has 0 saturated heterocycles. The summed E-state index contributed by atoms with van der Waals surface area (Å²) in [6.45, 7) is 3.10. The third kappa shape index (κ3) is 5.46. The zero-order valence-corrected chi connectivity index (χ0v) is 23.6. The minimum Gasteiger partial charge on any atom is -0.496 e. The Hall–Kier alpha value is -3.75. The maximum atomic E-state index is 14.1. The van der Waals surface area contributed by atoms with Crippen molar-refractivity contribution in [2.75, 3.05) is 12.4 Å². The largest absolute Gasteiger partial charge is 0.496 e. The van der Waals surface area contributed by atoms with E-state index in [1.165, 1.54) is 18.3 Å². The molecule has 1 heterocycles. The molecular weight excluding hydrogens is 556 g/mol. The van der Waals surface area contributed by atoms with E-state index < -0.39 is 23.8 Å². The molecule has 40 heavy (non-hydrogen) atoms. The highest BCUT2D eigenvalue weighted by atomic mass is 35.5. The number of nitrogens with one attached hydrogen (secondary N) is 1. The molecule has 1 atom stereocenters. The first-order valence-electron chi connectivity index (χ1n) is 12.6. The van der Waals surface area contributed by atoms with Crippen LogP contribution in [0.3, 0.4) is 0 Å². The summed E-state index contributed by atoms with van der Waals surface area (Å²) in [6.07, 6.45) is -0.0972. The smallest absolute Gasteiger partial charge is 0.412 e. The summed E-state index contributed by atoms with van der Waals surface area (Å²) in [4.78, 5) is 25.4. The van der Waals surface area contributed by atoms with E-state index in [1.54, 1.807) is 20.1 Å². The minimum atomic E-state index is -1.02. The predicted octanol–water partition coefficient (Wildman–Crippen LogP) is 8.95. The number of anilines is 1. The molecule has 5 rings (SSSR count). The molecule has 1 aliphatic carbocycles. The van der Waals surface area contributed by atoms with Crippen LogP contribution in [0.5, 0.6) is 5.75 Å². The number of carbonyl (C=O) groups is 2. The lowest BCUT2D eigenvalue weighted by atomic mass is 9.90. The highest BCUT2D eigenvalue weighted by Crippen LogP contribution is 2.49. The zero-order valence-electron chi connectivity index (χ0n) is 22.0. The van der Waals surface area contributed by atoms with E-state index in [4.69, 9.17) is 21.1 Å². The van der Waals surface area contributed by atoms with Gasteiger partial charge in [-0.15, -0.1) is 11.3 Å². The van der Waals surface area contributed by atoms with Crippen LogP contribution in [0.2, 0.25) is 4.34 Å². The molecule has 1 N–H and O–H groups in total. The van der Waals surface area contributed by atoms with Crippen LogP contribution in [0.4, 0.5) is 19.3 Å². The predicted molar refractivity (Wildman–Crippen MR) is 153 cm³/mol. The Morgan fingerprint density at radius 1 is 1.00 bits per heavy atom. The van der Waals surface area contributed by atoms with Crippen molar-refractivity contribution in [1.29, 1.82) is 0 Å². The summed E-state index contributed by atoms with van der Waals surface area (Å²) in [6, 6.07) is 18.2. The van der Waals surface area contributed by atoms with Gasteiger partial charge in [0.05, 0.1) is 27.4 Å². The maximum Gasteiger partial charge on any atom is 0.412 e. The summed E-state index contributed by atoms with van der Waals surface area (Å²) >= 11 is 7.56. The molecule has 1 aliphatic rings. The van der Waals surface area contributed by atoms with E-state index in [0.717, 1.165) is 53.3 Å². The zero-order chi connectivity index (χ0) is 28.6. The fourth-order valence-corrected chi connectivity index (χ4v) is 6.04. The van der Waals surface area contributed by atoms with Gasteiger partial charge >= 0.3 is 6.09 Å². The Balaban J connectivity index is 1.36. The van der Waals surface area contributed by atoms with Gasteiger partial charge in [0.1, 0.15) is 29.3 Å². The Kier molecular flexibility index (Phi) is 7.66. The normalized spacial score (nSPS) is 14.3. The molecule has 206 valence electrons. The van der Waals surface area contributed by atoms with Gasteiger partial charge in [0, 0.05) is 11.1 Å². The number of amides is 1. The SMILES string of the molecule is COc1cc(-c2sc(Cl)cc2NC(=O)O[C@H](C)c2cc(F)ccc2F)ccc1-c1ccc(C2(C(C)=O)CC2)cc1. The molecule has 5 nitrogen and oxygen atoms in total. The van der Waals surface area contributed by atoms with Crippen molar-refractivity contribution in [1.82, 2.24) is 0 Å². The quantitative estimate of drug-likeness (QED) is 0.225. The number of halogens is 3.